The number of hydrogen-bond donors (Lipinski definition) is 0. The number of rotatable bonds is 4. The Morgan fingerprint density at radius 2 is 1.25 bits per heavy atom. The van der Waals surface area contributed by atoms with Crippen LogP contribution >= 0.6 is 0 Å². The Morgan fingerprint density at radius 1 is 0.850 bits per heavy atom. The van der Waals surface area contributed by atoms with E-state index >= 15 is 0 Å². The molecule has 2 fully saturated rings. The molecule has 0 amide bonds. The second-order valence-corrected chi connectivity index (χ2v) is 8.89. The average Bonchev–Trinajstić information content (AvgIpc) is 2.48. The van der Waals surface area contributed by atoms with Crippen LogP contribution in [-0.2, 0) is 0 Å². The highest BCUT2D eigenvalue weighted by Gasteiger charge is 2.32. The molecular weight excluding hydrogens is 258 g/mol. The molecule has 2 aliphatic rings. The fourth-order valence-electron chi connectivity index (χ4n) is 4.33. The van der Waals surface area contributed by atoms with E-state index in [1.54, 1.807) is 10.8 Å². The Morgan fingerprint density at radius 3 is 1.60 bits per heavy atom. The summed E-state index contributed by atoms with van der Waals surface area (Å²) in [5, 5.41) is 1.66. The van der Waals surface area contributed by atoms with Gasteiger partial charge in [-0.05, 0) is 46.5 Å². The maximum atomic E-state index is 2.97. The smallest absolute Gasteiger partial charge is 0.0329 e. The van der Waals surface area contributed by atoms with E-state index in [9.17, 15) is 0 Å². The van der Waals surface area contributed by atoms with E-state index in [0.29, 0.717) is 6.04 Å². The molecule has 1 nitrogen and oxygen atoms in total. The molecule has 1 unspecified atom stereocenters. The number of nitrogens with zero attached hydrogens (tertiary/aromatic N) is 1. The van der Waals surface area contributed by atoms with E-state index in [4.69, 9.17) is 0 Å². The summed E-state index contributed by atoms with van der Waals surface area (Å²) in [4.78, 5) is 2.97. The largest absolute Gasteiger partial charge is 0.291 e. The monoisotopic (exact) mass is 293 g/mol. The first-order chi connectivity index (χ1) is 9.61. The average molecular weight is 294 g/mol. The summed E-state index contributed by atoms with van der Waals surface area (Å²) in [5.74, 6) is 0. The first-order valence-electron chi connectivity index (χ1n) is 9.02. The van der Waals surface area contributed by atoms with Crippen molar-refractivity contribution in [2.45, 2.75) is 103 Å². The Kier molecular flexibility index (Phi) is 6.35. The van der Waals surface area contributed by atoms with Crippen molar-refractivity contribution in [1.82, 2.24) is 4.90 Å². The zero-order valence-electron chi connectivity index (χ0n) is 14.3. The lowest BCUT2D eigenvalue weighted by Gasteiger charge is -2.46. The zero-order valence-corrected chi connectivity index (χ0v) is 16.3. The van der Waals surface area contributed by atoms with Crippen LogP contribution in [0.2, 0.25) is 0 Å². The Balaban J connectivity index is 2.15. The normalized spacial score (nSPS) is 25.8. The molecule has 0 N–H and O–H groups in total. The van der Waals surface area contributed by atoms with Crippen LogP contribution in [0, 0.1) is 0 Å². The third kappa shape index (κ3) is 3.97. The molecule has 20 heavy (non-hydrogen) atoms. The minimum atomic E-state index is 0.679. The molecule has 0 aromatic rings. The lowest BCUT2D eigenvalue weighted by atomic mass is 9.86. The third-order valence-corrected chi connectivity index (χ3v) is 6.64. The molecule has 0 saturated heterocycles. The van der Waals surface area contributed by atoms with Crippen molar-refractivity contribution in [2.75, 3.05) is 0 Å². The molecule has 116 valence electrons. The highest BCUT2D eigenvalue weighted by atomic mass is 28.1. The molecule has 0 heterocycles. The summed E-state index contributed by atoms with van der Waals surface area (Å²) in [7, 11) is 1.23. The van der Waals surface area contributed by atoms with Crippen molar-refractivity contribution in [3.63, 3.8) is 0 Å². The standard InChI is InChI=1S/C18H35NSi/c1-14(16(3)20)15(2)19(17-10-6-4-7-11-17)18-12-8-5-9-13-18/h15,17-18H,4-13H2,1-3,20H3. The van der Waals surface area contributed by atoms with E-state index in [2.05, 4.69) is 25.7 Å². The van der Waals surface area contributed by atoms with Crippen LogP contribution in [-0.4, -0.2) is 33.3 Å². The number of hydrogen-bond acceptors (Lipinski definition) is 1. The minimum Gasteiger partial charge on any atom is -0.291 e. The van der Waals surface area contributed by atoms with Gasteiger partial charge in [0.25, 0.3) is 0 Å². The molecule has 1 atom stereocenters. The van der Waals surface area contributed by atoms with Gasteiger partial charge < -0.3 is 0 Å². The van der Waals surface area contributed by atoms with E-state index < -0.39 is 0 Å². The van der Waals surface area contributed by atoms with Gasteiger partial charge in [0, 0.05) is 28.4 Å². The quantitative estimate of drug-likeness (QED) is 0.708. The van der Waals surface area contributed by atoms with Gasteiger partial charge in [-0.3, -0.25) is 4.90 Å². The maximum Gasteiger partial charge on any atom is 0.0329 e. The second kappa shape index (κ2) is 7.79. The maximum absolute atomic E-state index is 2.97. The highest BCUT2D eigenvalue weighted by Crippen LogP contribution is 2.33. The summed E-state index contributed by atoms with van der Waals surface area (Å²) in [6, 6.07) is 2.43. The van der Waals surface area contributed by atoms with Crippen LogP contribution in [0.4, 0.5) is 0 Å². The highest BCUT2D eigenvalue weighted by molar-refractivity contribution is 6.21. The first kappa shape index (κ1) is 16.3. The van der Waals surface area contributed by atoms with Crippen LogP contribution in [0.3, 0.4) is 0 Å². The van der Waals surface area contributed by atoms with Gasteiger partial charge in [0.2, 0.25) is 0 Å². The van der Waals surface area contributed by atoms with Gasteiger partial charge in [0.05, 0.1) is 0 Å². The fourth-order valence-corrected chi connectivity index (χ4v) is 4.75. The van der Waals surface area contributed by atoms with Gasteiger partial charge in [-0.25, -0.2) is 0 Å². The molecule has 0 spiro atoms. The molecule has 0 aromatic heterocycles. The van der Waals surface area contributed by atoms with Crippen LogP contribution < -0.4 is 0 Å². The molecule has 2 heteroatoms. The third-order valence-electron chi connectivity index (χ3n) is 5.86. The summed E-state index contributed by atoms with van der Waals surface area (Å²) in [6.07, 6.45) is 14.6. The molecule has 0 aromatic carbocycles. The van der Waals surface area contributed by atoms with E-state index in [-0.39, 0.29) is 0 Å². The van der Waals surface area contributed by atoms with Crippen molar-refractivity contribution in [3.8, 4) is 0 Å². The van der Waals surface area contributed by atoms with Gasteiger partial charge in [-0.1, -0.05) is 49.3 Å². The molecule has 0 bridgehead atoms. The van der Waals surface area contributed by atoms with Gasteiger partial charge in [0.15, 0.2) is 0 Å². The summed E-state index contributed by atoms with van der Waals surface area (Å²) < 4.78 is 0. The van der Waals surface area contributed by atoms with Crippen molar-refractivity contribution in [2.24, 2.45) is 0 Å². The van der Waals surface area contributed by atoms with Gasteiger partial charge in [0.1, 0.15) is 0 Å². The Labute approximate surface area is 129 Å². The molecular formula is C18H35NSi. The van der Waals surface area contributed by atoms with Gasteiger partial charge >= 0.3 is 0 Å². The van der Waals surface area contributed by atoms with Crippen molar-refractivity contribution in [3.05, 3.63) is 10.8 Å². The molecule has 0 aliphatic heterocycles. The van der Waals surface area contributed by atoms with Crippen molar-refractivity contribution < 1.29 is 0 Å². The van der Waals surface area contributed by atoms with Crippen LogP contribution in [0.15, 0.2) is 10.8 Å². The van der Waals surface area contributed by atoms with Crippen LogP contribution in [0.25, 0.3) is 0 Å². The predicted molar refractivity (Wildman–Crippen MR) is 93.4 cm³/mol. The van der Waals surface area contributed by atoms with Gasteiger partial charge in [-0.2, -0.15) is 0 Å². The topological polar surface area (TPSA) is 3.24 Å². The SMILES string of the molecule is CC([SiH3])=C(C)C(C)N(C1CCCCC1)C1CCCCC1. The molecule has 2 rings (SSSR count). The summed E-state index contributed by atoms with van der Waals surface area (Å²) in [6.45, 7) is 7.23. The van der Waals surface area contributed by atoms with E-state index in [1.807, 2.05) is 0 Å². The lowest BCUT2D eigenvalue weighted by molar-refractivity contribution is 0.0571. The molecule has 2 saturated carbocycles. The second-order valence-electron chi connectivity index (χ2n) is 7.39. The van der Waals surface area contributed by atoms with Crippen LogP contribution in [0.1, 0.15) is 85.0 Å². The Hall–Kier alpha value is -0.0831. The minimum absolute atomic E-state index is 0.679. The fraction of sp³-hybridized carbons (Fsp3) is 0.889. The molecule has 2 aliphatic carbocycles. The number of allylic oxidation sites excluding steroid dienone is 1. The van der Waals surface area contributed by atoms with E-state index in [0.717, 1.165) is 12.1 Å². The lowest BCUT2D eigenvalue weighted by Crippen LogP contribution is -2.50. The first-order valence-corrected chi connectivity index (χ1v) is 10.0. The summed E-state index contributed by atoms with van der Waals surface area (Å²) in [5.41, 5.74) is 1.67. The van der Waals surface area contributed by atoms with Crippen LogP contribution in [0.5, 0.6) is 0 Å². The van der Waals surface area contributed by atoms with E-state index in [1.165, 1.54) is 74.5 Å². The Bertz CT molecular complexity index is 302. The summed E-state index contributed by atoms with van der Waals surface area (Å²) >= 11 is 0. The zero-order chi connectivity index (χ0) is 14.5. The predicted octanol–water partition coefficient (Wildman–Crippen LogP) is 4.00. The van der Waals surface area contributed by atoms with Gasteiger partial charge in [-0.15, -0.1) is 0 Å². The molecule has 0 radical (unpaired) electrons. The van der Waals surface area contributed by atoms with Crippen molar-refractivity contribution in [1.29, 1.82) is 0 Å². The van der Waals surface area contributed by atoms with Crippen molar-refractivity contribution >= 4 is 10.2 Å².